The molecule has 0 saturated heterocycles. The second kappa shape index (κ2) is 7.31. The van der Waals surface area contributed by atoms with Gasteiger partial charge in [-0.15, -0.1) is 0 Å². The van der Waals surface area contributed by atoms with E-state index in [1.165, 1.54) is 11.7 Å². The van der Waals surface area contributed by atoms with Gasteiger partial charge >= 0.3 is 5.97 Å². The van der Waals surface area contributed by atoms with E-state index in [2.05, 4.69) is 4.98 Å². The van der Waals surface area contributed by atoms with Crippen LogP contribution < -0.4 is 19.8 Å². The van der Waals surface area contributed by atoms with Crippen molar-refractivity contribution in [3.8, 4) is 28.5 Å². The lowest BCUT2D eigenvalue weighted by atomic mass is 10.1. The molecule has 29 heavy (non-hydrogen) atoms. The lowest BCUT2D eigenvalue weighted by Gasteiger charge is -2.15. The first-order valence-corrected chi connectivity index (χ1v) is 8.86. The Morgan fingerprint density at radius 3 is 2.72 bits per heavy atom. The van der Waals surface area contributed by atoms with Crippen molar-refractivity contribution in [2.45, 2.75) is 13.5 Å². The Hall–Kier alpha value is -3.81. The fourth-order valence-electron chi connectivity index (χ4n) is 3.30. The maximum absolute atomic E-state index is 13.1. The summed E-state index contributed by atoms with van der Waals surface area (Å²) in [7, 11) is 1.54. The molecule has 1 N–H and O–H groups in total. The molecule has 0 radical (unpaired) electrons. The second-order valence-electron chi connectivity index (χ2n) is 6.46. The molecular formula is C21H18N2O6. The predicted octanol–water partition coefficient (Wildman–Crippen LogP) is 2.70. The van der Waals surface area contributed by atoms with Gasteiger partial charge in [0.25, 0.3) is 5.56 Å². The zero-order valence-corrected chi connectivity index (χ0v) is 15.8. The first kappa shape index (κ1) is 18.5. The molecular weight excluding hydrogens is 376 g/mol. The number of nitrogens with zero attached hydrogens (tertiary/aromatic N) is 2. The summed E-state index contributed by atoms with van der Waals surface area (Å²) in [6.07, 6.45) is 0. The molecule has 0 unspecified atom stereocenters. The van der Waals surface area contributed by atoms with Gasteiger partial charge in [0.2, 0.25) is 6.79 Å². The number of carboxylic acids is 1. The maximum atomic E-state index is 13.1. The molecule has 0 fully saturated rings. The molecule has 3 aromatic rings. The average Bonchev–Trinajstić information content (AvgIpc) is 3.18. The fourth-order valence-corrected chi connectivity index (χ4v) is 3.30. The number of aromatic nitrogens is 2. The summed E-state index contributed by atoms with van der Waals surface area (Å²) < 4.78 is 17.3. The number of methoxy groups -OCH3 is 1. The summed E-state index contributed by atoms with van der Waals surface area (Å²) in [5, 5.41) is 9.75. The van der Waals surface area contributed by atoms with Crippen molar-refractivity contribution in [3.05, 3.63) is 69.8 Å². The summed E-state index contributed by atoms with van der Waals surface area (Å²) in [5.74, 6) is 0.696. The number of para-hydroxylation sites is 1. The molecule has 1 aliphatic rings. The molecule has 0 atom stereocenters. The highest BCUT2D eigenvalue weighted by Gasteiger charge is 2.24. The number of fused-ring (bicyclic) bond motifs is 1. The summed E-state index contributed by atoms with van der Waals surface area (Å²) in [4.78, 5) is 29.5. The molecule has 2 heterocycles. The van der Waals surface area contributed by atoms with Crippen molar-refractivity contribution in [1.29, 1.82) is 0 Å². The van der Waals surface area contributed by atoms with Crippen molar-refractivity contribution in [1.82, 2.24) is 9.55 Å². The van der Waals surface area contributed by atoms with Crippen LogP contribution >= 0.6 is 0 Å². The summed E-state index contributed by atoms with van der Waals surface area (Å²) in [6, 6.07) is 12.2. The molecule has 1 aromatic heterocycles. The maximum Gasteiger partial charge on any atom is 0.343 e. The van der Waals surface area contributed by atoms with E-state index in [-0.39, 0.29) is 19.0 Å². The van der Waals surface area contributed by atoms with Crippen molar-refractivity contribution in [2.24, 2.45) is 0 Å². The van der Waals surface area contributed by atoms with Crippen LogP contribution in [-0.2, 0) is 6.54 Å². The number of hydrogen-bond acceptors (Lipinski definition) is 6. The van der Waals surface area contributed by atoms with Gasteiger partial charge in [0.1, 0.15) is 11.6 Å². The van der Waals surface area contributed by atoms with Crippen LogP contribution in [0, 0.1) is 6.92 Å². The number of benzene rings is 2. The molecule has 148 valence electrons. The lowest BCUT2D eigenvalue weighted by molar-refractivity contribution is 0.0694. The zero-order chi connectivity index (χ0) is 20.5. The molecule has 2 aromatic carbocycles. The fraction of sp³-hybridized carbons (Fsp3) is 0.190. The average molecular weight is 394 g/mol. The Balaban J connectivity index is 1.85. The Morgan fingerprint density at radius 1 is 1.21 bits per heavy atom. The van der Waals surface area contributed by atoms with Crippen molar-refractivity contribution < 1.29 is 24.1 Å². The molecule has 0 spiro atoms. The van der Waals surface area contributed by atoms with E-state index >= 15 is 0 Å². The van der Waals surface area contributed by atoms with E-state index in [4.69, 9.17) is 14.2 Å². The molecule has 0 aliphatic carbocycles. The molecule has 0 bridgehead atoms. The van der Waals surface area contributed by atoms with Crippen LogP contribution in [0.1, 0.15) is 21.7 Å². The van der Waals surface area contributed by atoms with E-state index in [9.17, 15) is 14.7 Å². The first-order chi connectivity index (χ1) is 14.0. The topological polar surface area (TPSA) is 99.9 Å². The zero-order valence-electron chi connectivity index (χ0n) is 15.8. The minimum Gasteiger partial charge on any atom is -0.496 e. The molecule has 0 amide bonds. The van der Waals surface area contributed by atoms with Crippen molar-refractivity contribution in [2.75, 3.05) is 13.9 Å². The van der Waals surface area contributed by atoms with Gasteiger partial charge in [-0.25, -0.2) is 9.78 Å². The molecule has 1 aliphatic heterocycles. The summed E-state index contributed by atoms with van der Waals surface area (Å²) in [6.45, 7) is 1.90. The SMILES string of the molecule is COc1ccccc1Cn1c(C)nc(-c2ccc3c(c2)OCO3)c(C(=O)O)c1=O. The summed E-state index contributed by atoms with van der Waals surface area (Å²) in [5.41, 5.74) is 0.271. The standard InChI is InChI=1S/C21H18N2O6/c1-12-22-19(13-7-8-16-17(9-13)29-11-28-16)18(21(25)26)20(24)23(12)10-14-5-3-4-6-15(14)27-2/h3-9H,10-11H2,1-2H3,(H,25,26). The molecule has 0 saturated carbocycles. The van der Waals surface area contributed by atoms with Gasteiger partial charge in [0, 0.05) is 11.1 Å². The van der Waals surface area contributed by atoms with E-state index in [1.54, 1.807) is 31.2 Å². The van der Waals surface area contributed by atoms with Gasteiger partial charge in [-0.05, 0) is 31.2 Å². The Morgan fingerprint density at radius 2 is 1.97 bits per heavy atom. The Bertz CT molecular complexity index is 1170. The van der Waals surface area contributed by atoms with E-state index in [0.29, 0.717) is 28.6 Å². The Kier molecular flexibility index (Phi) is 4.67. The predicted molar refractivity (Wildman–Crippen MR) is 104 cm³/mol. The third kappa shape index (κ3) is 3.29. The van der Waals surface area contributed by atoms with Gasteiger partial charge < -0.3 is 19.3 Å². The van der Waals surface area contributed by atoms with Crippen LogP contribution in [0.15, 0.2) is 47.3 Å². The van der Waals surface area contributed by atoms with Crippen LogP contribution in [0.3, 0.4) is 0 Å². The number of carbonyl (C=O) groups is 1. The normalized spacial score (nSPS) is 12.1. The van der Waals surface area contributed by atoms with Crippen LogP contribution in [-0.4, -0.2) is 34.5 Å². The molecule has 8 nitrogen and oxygen atoms in total. The number of aromatic carboxylic acids is 1. The van der Waals surface area contributed by atoms with Crippen LogP contribution in [0.4, 0.5) is 0 Å². The van der Waals surface area contributed by atoms with Gasteiger partial charge in [0.05, 0.1) is 19.3 Å². The number of carboxylic acid groups (broad SMARTS) is 1. The minimum absolute atomic E-state index is 0.0922. The van der Waals surface area contributed by atoms with Crippen LogP contribution in [0.2, 0.25) is 0 Å². The van der Waals surface area contributed by atoms with Crippen molar-refractivity contribution in [3.63, 3.8) is 0 Å². The number of aryl methyl sites for hydroxylation is 1. The van der Waals surface area contributed by atoms with Crippen LogP contribution in [0.25, 0.3) is 11.3 Å². The van der Waals surface area contributed by atoms with Crippen LogP contribution in [0.5, 0.6) is 17.2 Å². The number of ether oxygens (including phenoxy) is 3. The quantitative estimate of drug-likeness (QED) is 0.710. The highest BCUT2D eigenvalue weighted by Crippen LogP contribution is 2.36. The van der Waals surface area contributed by atoms with Gasteiger partial charge in [-0.3, -0.25) is 9.36 Å². The minimum atomic E-state index is -1.34. The smallest absolute Gasteiger partial charge is 0.343 e. The highest BCUT2D eigenvalue weighted by molar-refractivity contribution is 5.94. The molecule has 8 heteroatoms. The van der Waals surface area contributed by atoms with Crippen molar-refractivity contribution >= 4 is 5.97 Å². The van der Waals surface area contributed by atoms with E-state index in [0.717, 1.165) is 5.56 Å². The third-order valence-corrected chi connectivity index (χ3v) is 4.74. The third-order valence-electron chi connectivity index (χ3n) is 4.74. The molecule has 4 rings (SSSR count). The van der Waals surface area contributed by atoms with E-state index in [1.807, 2.05) is 18.2 Å². The monoisotopic (exact) mass is 394 g/mol. The highest BCUT2D eigenvalue weighted by atomic mass is 16.7. The van der Waals surface area contributed by atoms with Gasteiger partial charge in [-0.2, -0.15) is 0 Å². The van der Waals surface area contributed by atoms with Gasteiger partial charge in [-0.1, -0.05) is 18.2 Å². The lowest BCUT2D eigenvalue weighted by Crippen LogP contribution is -2.31. The second-order valence-corrected chi connectivity index (χ2v) is 6.46. The number of hydrogen-bond donors (Lipinski definition) is 1. The van der Waals surface area contributed by atoms with Gasteiger partial charge in [0.15, 0.2) is 17.1 Å². The Labute approximate surface area is 165 Å². The summed E-state index contributed by atoms with van der Waals surface area (Å²) >= 11 is 0. The number of rotatable bonds is 5. The van der Waals surface area contributed by atoms with E-state index < -0.39 is 17.1 Å². The first-order valence-electron chi connectivity index (χ1n) is 8.86. The largest absolute Gasteiger partial charge is 0.496 e.